The lowest BCUT2D eigenvalue weighted by atomic mass is 9.97. The Hall–Kier alpha value is -2.70. The largest absolute Gasteiger partial charge is 0.466 e. The molecule has 0 spiro atoms. The van der Waals surface area contributed by atoms with Crippen LogP contribution in [0.5, 0.6) is 0 Å². The van der Waals surface area contributed by atoms with Crippen molar-refractivity contribution in [3.63, 3.8) is 0 Å². The molecule has 0 aliphatic carbocycles. The summed E-state index contributed by atoms with van der Waals surface area (Å²) in [5.74, 6) is -2.06. The topological polar surface area (TPSA) is 51.5 Å². The summed E-state index contributed by atoms with van der Waals surface area (Å²) in [6.07, 6.45) is 1.42. The lowest BCUT2D eigenvalue weighted by Crippen LogP contribution is -2.43. The second-order valence-corrected chi connectivity index (χ2v) is 7.85. The number of aromatic nitrogens is 1. The summed E-state index contributed by atoms with van der Waals surface area (Å²) in [6, 6.07) is 3.47. The molecule has 1 atom stereocenters. The number of benzene rings is 1. The van der Waals surface area contributed by atoms with Crippen LogP contribution in [-0.4, -0.2) is 41.0 Å². The number of halogens is 2. The Kier molecular flexibility index (Phi) is 6.58. The number of carbonyl (C=O) groups is 2. The van der Waals surface area contributed by atoms with Crippen LogP contribution >= 0.6 is 0 Å². The molecule has 1 amide bonds. The average molecular weight is 418 g/mol. The van der Waals surface area contributed by atoms with Crippen molar-refractivity contribution in [2.75, 3.05) is 19.7 Å². The van der Waals surface area contributed by atoms with E-state index in [9.17, 15) is 18.4 Å². The van der Waals surface area contributed by atoms with Crippen LogP contribution in [0.4, 0.5) is 8.78 Å². The molecule has 1 saturated heterocycles. The van der Waals surface area contributed by atoms with Crippen LogP contribution in [0.3, 0.4) is 0 Å². The van der Waals surface area contributed by atoms with E-state index in [1.165, 1.54) is 12.1 Å². The molecule has 2 heterocycles. The van der Waals surface area contributed by atoms with Gasteiger partial charge in [-0.1, -0.05) is 6.07 Å². The van der Waals surface area contributed by atoms with Gasteiger partial charge in [0.2, 0.25) is 0 Å². The third-order valence-corrected chi connectivity index (χ3v) is 6.01. The molecule has 2 aromatic rings. The van der Waals surface area contributed by atoms with E-state index >= 15 is 0 Å². The van der Waals surface area contributed by atoms with Crippen molar-refractivity contribution >= 4 is 11.9 Å². The molecule has 1 fully saturated rings. The van der Waals surface area contributed by atoms with Gasteiger partial charge in [-0.15, -0.1) is 0 Å². The van der Waals surface area contributed by atoms with Gasteiger partial charge in [0, 0.05) is 30.4 Å². The Morgan fingerprint density at radius 1 is 1.17 bits per heavy atom. The number of rotatable bonds is 5. The van der Waals surface area contributed by atoms with E-state index in [0.29, 0.717) is 37.4 Å². The van der Waals surface area contributed by atoms with Gasteiger partial charge in [-0.2, -0.15) is 0 Å². The highest BCUT2D eigenvalue weighted by Gasteiger charge is 2.32. The van der Waals surface area contributed by atoms with Crippen LogP contribution in [0.1, 0.15) is 52.6 Å². The molecule has 7 heteroatoms. The molecular formula is C23H28F2N2O3. The van der Waals surface area contributed by atoms with Gasteiger partial charge < -0.3 is 14.2 Å². The summed E-state index contributed by atoms with van der Waals surface area (Å²) < 4.78 is 34.5. The maximum absolute atomic E-state index is 14.3. The quantitative estimate of drug-likeness (QED) is 0.686. The zero-order chi connectivity index (χ0) is 22.0. The first kappa shape index (κ1) is 22.0. The molecule has 1 aliphatic heterocycles. The fraction of sp³-hybridized carbons (Fsp3) is 0.478. The zero-order valence-corrected chi connectivity index (χ0v) is 17.9. The monoisotopic (exact) mass is 418 g/mol. The third kappa shape index (κ3) is 4.25. The number of hydrogen-bond acceptors (Lipinski definition) is 3. The fourth-order valence-corrected chi connectivity index (χ4v) is 4.08. The van der Waals surface area contributed by atoms with Crippen molar-refractivity contribution in [1.82, 2.24) is 9.47 Å². The van der Waals surface area contributed by atoms with E-state index in [-0.39, 0.29) is 24.3 Å². The van der Waals surface area contributed by atoms with Crippen molar-refractivity contribution in [2.45, 2.75) is 47.1 Å². The highest BCUT2D eigenvalue weighted by Crippen LogP contribution is 2.27. The molecule has 5 nitrogen and oxygen atoms in total. The molecule has 0 radical (unpaired) electrons. The number of hydrogen-bond donors (Lipinski definition) is 0. The minimum Gasteiger partial charge on any atom is -0.466 e. The fourth-order valence-electron chi connectivity index (χ4n) is 4.08. The minimum atomic E-state index is -0.642. The standard InChI is InChI=1S/C23H28F2N2O3/c1-5-30-23(29)18-7-6-10-26(12-18)22(28)21-15(3)14(2)16(4)27(21)13-17-8-9-19(24)11-20(17)25/h8-9,11,18H,5-7,10,12-13H2,1-4H3/t18-/m0/s1. The van der Waals surface area contributed by atoms with Crippen LogP contribution in [0.2, 0.25) is 0 Å². The maximum atomic E-state index is 14.3. The summed E-state index contributed by atoms with van der Waals surface area (Å²) in [5.41, 5.74) is 3.45. The van der Waals surface area contributed by atoms with E-state index in [1.807, 2.05) is 20.8 Å². The first-order valence-electron chi connectivity index (χ1n) is 10.3. The Balaban J connectivity index is 1.92. The van der Waals surface area contributed by atoms with E-state index in [4.69, 9.17) is 4.74 Å². The number of amides is 1. The van der Waals surface area contributed by atoms with Gasteiger partial charge in [0.05, 0.1) is 19.1 Å². The number of esters is 1. The first-order valence-corrected chi connectivity index (χ1v) is 10.3. The van der Waals surface area contributed by atoms with Gasteiger partial charge in [0.15, 0.2) is 0 Å². The Morgan fingerprint density at radius 2 is 1.90 bits per heavy atom. The van der Waals surface area contributed by atoms with Crippen LogP contribution in [0.25, 0.3) is 0 Å². The zero-order valence-electron chi connectivity index (χ0n) is 17.9. The molecule has 0 bridgehead atoms. The molecule has 0 unspecified atom stereocenters. The summed E-state index contributed by atoms with van der Waals surface area (Å²) in [4.78, 5) is 27.3. The van der Waals surface area contributed by atoms with Crippen molar-refractivity contribution in [1.29, 1.82) is 0 Å². The van der Waals surface area contributed by atoms with E-state index in [0.717, 1.165) is 29.3 Å². The smallest absolute Gasteiger partial charge is 0.310 e. The van der Waals surface area contributed by atoms with Crippen molar-refractivity contribution < 1.29 is 23.1 Å². The molecule has 1 aromatic carbocycles. The molecule has 162 valence electrons. The van der Waals surface area contributed by atoms with Crippen LogP contribution < -0.4 is 0 Å². The molecular weight excluding hydrogens is 390 g/mol. The van der Waals surface area contributed by atoms with Gasteiger partial charge in [0.25, 0.3) is 5.91 Å². The molecule has 30 heavy (non-hydrogen) atoms. The summed E-state index contributed by atoms with van der Waals surface area (Å²) in [6.45, 7) is 8.76. The second kappa shape index (κ2) is 8.98. The van der Waals surface area contributed by atoms with Gasteiger partial charge in [-0.3, -0.25) is 9.59 Å². The number of piperidine rings is 1. The first-order chi connectivity index (χ1) is 14.2. The van der Waals surface area contributed by atoms with Gasteiger partial charge in [-0.25, -0.2) is 8.78 Å². The number of likely N-dealkylation sites (tertiary alicyclic amines) is 1. The molecule has 3 rings (SSSR count). The molecule has 1 aliphatic rings. The van der Waals surface area contributed by atoms with Crippen LogP contribution in [-0.2, 0) is 16.1 Å². The van der Waals surface area contributed by atoms with Crippen molar-refractivity contribution in [3.05, 3.63) is 57.9 Å². The molecule has 1 aromatic heterocycles. The average Bonchev–Trinajstić information content (AvgIpc) is 2.93. The second-order valence-electron chi connectivity index (χ2n) is 7.85. The summed E-state index contributed by atoms with van der Waals surface area (Å²) in [7, 11) is 0. The summed E-state index contributed by atoms with van der Waals surface area (Å²) in [5, 5.41) is 0. The Morgan fingerprint density at radius 3 is 2.57 bits per heavy atom. The van der Waals surface area contributed by atoms with Gasteiger partial charge in [0.1, 0.15) is 17.3 Å². The lowest BCUT2D eigenvalue weighted by Gasteiger charge is -2.32. The minimum absolute atomic E-state index is 0.128. The van der Waals surface area contributed by atoms with Crippen LogP contribution in [0, 0.1) is 38.3 Å². The van der Waals surface area contributed by atoms with Crippen molar-refractivity contribution in [2.24, 2.45) is 5.92 Å². The lowest BCUT2D eigenvalue weighted by molar-refractivity contribution is -0.149. The normalized spacial score (nSPS) is 16.6. The summed E-state index contributed by atoms with van der Waals surface area (Å²) >= 11 is 0. The SMILES string of the molecule is CCOC(=O)[C@H]1CCCN(C(=O)c2c(C)c(C)c(C)n2Cc2ccc(F)cc2F)C1. The van der Waals surface area contributed by atoms with Crippen LogP contribution in [0.15, 0.2) is 18.2 Å². The maximum Gasteiger partial charge on any atom is 0.310 e. The molecule has 0 N–H and O–H groups in total. The van der Waals surface area contributed by atoms with Gasteiger partial charge in [-0.05, 0) is 57.7 Å². The number of ether oxygens (including phenoxy) is 1. The number of carbonyl (C=O) groups excluding carboxylic acids is 2. The Bertz CT molecular complexity index is 968. The highest BCUT2D eigenvalue weighted by molar-refractivity contribution is 5.95. The number of nitrogens with zero attached hydrogens (tertiary/aromatic N) is 2. The predicted molar refractivity (Wildman–Crippen MR) is 109 cm³/mol. The van der Waals surface area contributed by atoms with Crippen molar-refractivity contribution in [3.8, 4) is 0 Å². The molecule has 0 saturated carbocycles. The van der Waals surface area contributed by atoms with E-state index in [2.05, 4.69) is 0 Å². The third-order valence-electron chi connectivity index (χ3n) is 6.01. The van der Waals surface area contributed by atoms with E-state index < -0.39 is 11.6 Å². The predicted octanol–water partition coefficient (Wildman–Crippen LogP) is 4.16. The Labute approximate surface area is 175 Å². The highest BCUT2D eigenvalue weighted by atomic mass is 19.1. The van der Waals surface area contributed by atoms with Gasteiger partial charge >= 0.3 is 5.97 Å². The van der Waals surface area contributed by atoms with E-state index in [1.54, 1.807) is 16.4 Å².